The number of nitriles is 1. The van der Waals surface area contributed by atoms with Crippen molar-refractivity contribution in [3.8, 4) is 6.07 Å². The standard InChI is InChI=1S/C10H17N3O/c1-9(7-11)12(2)8-10(14)13-5-3-4-6-13/h9H,3-6,8H2,1-2H3. The number of hydrogen-bond acceptors (Lipinski definition) is 3. The van der Waals surface area contributed by atoms with E-state index in [1.807, 2.05) is 11.9 Å². The Morgan fingerprint density at radius 1 is 1.57 bits per heavy atom. The summed E-state index contributed by atoms with van der Waals surface area (Å²) in [5.74, 6) is 0.145. The second-order valence-corrected chi connectivity index (χ2v) is 3.81. The molecule has 0 N–H and O–H groups in total. The minimum Gasteiger partial charge on any atom is -0.342 e. The third-order valence-electron chi connectivity index (χ3n) is 2.69. The molecule has 0 saturated carbocycles. The van der Waals surface area contributed by atoms with Crippen molar-refractivity contribution in [2.24, 2.45) is 0 Å². The van der Waals surface area contributed by atoms with E-state index < -0.39 is 0 Å². The molecule has 1 saturated heterocycles. The molecule has 1 amide bonds. The van der Waals surface area contributed by atoms with Crippen LogP contribution in [0.5, 0.6) is 0 Å². The Kier molecular flexibility index (Phi) is 3.90. The molecule has 1 fully saturated rings. The van der Waals surface area contributed by atoms with Crippen LogP contribution >= 0.6 is 0 Å². The van der Waals surface area contributed by atoms with Gasteiger partial charge in [0.2, 0.25) is 5.91 Å². The number of likely N-dealkylation sites (N-methyl/N-ethyl adjacent to an activating group) is 1. The highest BCUT2D eigenvalue weighted by Crippen LogP contribution is 2.08. The van der Waals surface area contributed by atoms with Gasteiger partial charge in [-0.25, -0.2) is 0 Å². The first-order valence-electron chi connectivity index (χ1n) is 5.03. The van der Waals surface area contributed by atoms with Crippen molar-refractivity contribution in [1.82, 2.24) is 9.80 Å². The molecular formula is C10H17N3O. The van der Waals surface area contributed by atoms with Gasteiger partial charge in [-0.3, -0.25) is 9.69 Å². The fourth-order valence-electron chi connectivity index (χ4n) is 1.52. The Morgan fingerprint density at radius 3 is 2.64 bits per heavy atom. The second-order valence-electron chi connectivity index (χ2n) is 3.81. The van der Waals surface area contributed by atoms with E-state index >= 15 is 0 Å². The summed E-state index contributed by atoms with van der Waals surface area (Å²) in [5, 5.41) is 8.67. The number of nitrogens with zero attached hydrogens (tertiary/aromatic N) is 3. The molecule has 4 nitrogen and oxygen atoms in total. The van der Waals surface area contributed by atoms with Crippen molar-refractivity contribution in [3.05, 3.63) is 0 Å². The van der Waals surface area contributed by atoms with E-state index in [2.05, 4.69) is 6.07 Å². The molecular weight excluding hydrogens is 178 g/mol. The summed E-state index contributed by atoms with van der Waals surface area (Å²) < 4.78 is 0. The van der Waals surface area contributed by atoms with Crippen molar-refractivity contribution in [2.75, 3.05) is 26.7 Å². The number of hydrogen-bond donors (Lipinski definition) is 0. The number of carbonyl (C=O) groups excluding carboxylic acids is 1. The first kappa shape index (κ1) is 11.0. The molecule has 4 heteroatoms. The summed E-state index contributed by atoms with van der Waals surface area (Å²) in [6, 6.07) is 1.92. The van der Waals surface area contributed by atoms with Crippen LogP contribution in [0.25, 0.3) is 0 Å². The van der Waals surface area contributed by atoms with Gasteiger partial charge in [0, 0.05) is 13.1 Å². The maximum absolute atomic E-state index is 11.7. The summed E-state index contributed by atoms with van der Waals surface area (Å²) in [7, 11) is 1.81. The number of likely N-dealkylation sites (tertiary alicyclic amines) is 1. The van der Waals surface area contributed by atoms with Crippen LogP contribution in [-0.4, -0.2) is 48.4 Å². The molecule has 0 bridgehead atoms. The van der Waals surface area contributed by atoms with Crippen LogP contribution in [0, 0.1) is 11.3 Å². The maximum atomic E-state index is 11.7. The topological polar surface area (TPSA) is 47.3 Å². The molecule has 0 aromatic carbocycles. The highest BCUT2D eigenvalue weighted by molar-refractivity contribution is 5.78. The van der Waals surface area contributed by atoms with Gasteiger partial charge >= 0.3 is 0 Å². The van der Waals surface area contributed by atoms with Crippen LogP contribution in [0.2, 0.25) is 0 Å². The third kappa shape index (κ3) is 2.71. The largest absolute Gasteiger partial charge is 0.342 e. The molecule has 0 radical (unpaired) electrons. The van der Waals surface area contributed by atoms with Crippen LogP contribution in [-0.2, 0) is 4.79 Å². The molecule has 1 aliphatic heterocycles. The Labute approximate surface area is 85.1 Å². The zero-order valence-electron chi connectivity index (χ0n) is 8.86. The Balaban J connectivity index is 2.36. The molecule has 14 heavy (non-hydrogen) atoms. The highest BCUT2D eigenvalue weighted by atomic mass is 16.2. The van der Waals surface area contributed by atoms with Gasteiger partial charge in [0.25, 0.3) is 0 Å². The molecule has 0 aromatic rings. The first-order chi connectivity index (χ1) is 6.65. The van der Waals surface area contributed by atoms with Gasteiger partial charge in [0.15, 0.2) is 0 Å². The van der Waals surface area contributed by atoms with Gasteiger partial charge in [-0.2, -0.15) is 5.26 Å². The summed E-state index contributed by atoms with van der Waals surface area (Å²) in [6.07, 6.45) is 2.23. The summed E-state index contributed by atoms with van der Waals surface area (Å²) in [5.41, 5.74) is 0. The van der Waals surface area contributed by atoms with Gasteiger partial charge in [-0.1, -0.05) is 0 Å². The summed E-state index contributed by atoms with van der Waals surface area (Å²) in [4.78, 5) is 15.3. The quantitative estimate of drug-likeness (QED) is 0.657. The monoisotopic (exact) mass is 195 g/mol. The summed E-state index contributed by atoms with van der Waals surface area (Å²) in [6.45, 7) is 3.92. The van der Waals surface area contributed by atoms with E-state index in [0.29, 0.717) is 6.54 Å². The highest BCUT2D eigenvalue weighted by Gasteiger charge is 2.20. The van der Waals surface area contributed by atoms with E-state index in [4.69, 9.17) is 5.26 Å². The van der Waals surface area contributed by atoms with E-state index in [0.717, 1.165) is 25.9 Å². The minimum atomic E-state index is -0.193. The Hall–Kier alpha value is -1.08. The van der Waals surface area contributed by atoms with Gasteiger partial charge in [-0.15, -0.1) is 0 Å². The van der Waals surface area contributed by atoms with Crippen molar-refractivity contribution < 1.29 is 4.79 Å². The van der Waals surface area contributed by atoms with Crippen molar-refractivity contribution in [2.45, 2.75) is 25.8 Å². The van der Waals surface area contributed by atoms with E-state index in [9.17, 15) is 4.79 Å². The Morgan fingerprint density at radius 2 is 2.14 bits per heavy atom. The van der Waals surface area contributed by atoms with Crippen molar-refractivity contribution in [1.29, 1.82) is 5.26 Å². The predicted octanol–water partition coefficient (Wildman–Crippen LogP) is 0.453. The van der Waals surface area contributed by atoms with Gasteiger partial charge in [0.05, 0.1) is 18.7 Å². The molecule has 0 aliphatic carbocycles. The van der Waals surface area contributed by atoms with Gasteiger partial charge in [-0.05, 0) is 26.8 Å². The summed E-state index contributed by atoms with van der Waals surface area (Å²) >= 11 is 0. The zero-order valence-corrected chi connectivity index (χ0v) is 8.86. The number of rotatable bonds is 3. The predicted molar refractivity (Wildman–Crippen MR) is 53.5 cm³/mol. The van der Waals surface area contributed by atoms with Crippen LogP contribution in [0.3, 0.4) is 0 Å². The van der Waals surface area contributed by atoms with Crippen molar-refractivity contribution in [3.63, 3.8) is 0 Å². The lowest BCUT2D eigenvalue weighted by molar-refractivity contribution is -0.131. The van der Waals surface area contributed by atoms with Crippen molar-refractivity contribution >= 4 is 5.91 Å². The second kappa shape index (κ2) is 4.97. The molecule has 1 atom stereocenters. The first-order valence-corrected chi connectivity index (χ1v) is 5.03. The smallest absolute Gasteiger partial charge is 0.236 e. The number of carbonyl (C=O) groups is 1. The fraction of sp³-hybridized carbons (Fsp3) is 0.800. The van der Waals surface area contributed by atoms with Crippen LogP contribution in [0.1, 0.15) is 19.8 Å². The molecule has 1 heterocycles. The normalized spacial score (nSPS) is 18.3. The fourth-order valence-corrected chi connectivity index (χ4v) is 1.52. The molecule has 1 aliphatic rings. The third-order valence-corrected chi connectivity index (χ3v) is 2.69. The molecule has 1 unspecified atom stereocenters. The van der Waals surface area contributed by atoms with Crippen LogP contribution in [0.15, 0.2) is 0 Å². The molecule has 0 aromatic heterocycles. The number of amides is 1. The van der Waals surface area contributed by atoms with E-state index in [1.165, 1.54) is 0 Å². The van der Waals surface area contributed by atoms with Crippen LogP contribution in [0.4, 0.5) is 0 Å². The minimum absolute atomic E-state index is 0.145. The van der Waals surface area contributed by atoms with E-state index in [1.54, 1.807) is 11.8 Å². The maximum Gasteiger partial charge on any atom is 0.236 e. The lowest BCUT2D eigenvalue weighted by Crippen LogP contribution is -2.40. The average molecular weight is 195 g/mol. The Bertz CT molecular complexity index is 240. The molecule has 1 rings (SSSR count). The zero-order chi connectivity index (χ0) is 10.6. The van der Waals surface area contributed by atoms with E-state index in [-0.39, 0.29) is 11.9 Å². The van der Waals surface area contributed by atoms with Crippen LogP contribution < -0.4 is 0 Å². The van der Waals surface area contributed by atoms with Gasteiger partial charge in [0.1, 0.15) is 0 Å². The van der Waals surface area contributed by atoms with Gasteiger partial charge < -0.3 is 4.90 Å². The SMILES string of the molecule is CC(C#N)N(C)CC(=O)N1CCCC1. The molecule has 0 spiro atoms. The lowest BCUT2D eigenvalue weighted by atomic mass is 10.3. The average Bonchev–Trinajstić information content (AvgIpc) is 2.69. The molecule has 78 valence electrons. The lowest BCUT2D eigenvalue weighted by Gasteiger charge is -2.22.